The number of halogens is 3. The second kappa shape index (κ2) is 10.8. The molecule has 4 rings (SSSR count). The summed E-state index contributed by atoms with van der Waals surface area (Å²) in [6.07, 6.45) is 2.47. The highest BCUT2D eigenvalue weighted by molar-refractivity contribution is 7.92. The van der Waals surface area contributed by atoms with Gasteiger partial charge in [-0.25, -0.2) is 17.8 Å². The van der Waals surface area contributed by atoms with Gasteiger partial charge in [0.2, 0.25) is 0 Å². The van der Waals surface area contributed by atoms with Crippen LogP contribution in [0.3, 0.4) is 0 Å². The first kappa shape index (κ1) is 25.2. The molecule has 182 valence electrons. The summed E-state index contributed by atoms with van der Waals surface area (Å²) in [7, 11) is -3.80. The third-order valence-corrected chi connectivity index (χ3v) is 8.33. The number of anilines is 1. The zero-order valence-electron chi connectivity index (χ0n) is 18.4. The molecule has 2 aromatic carbocycles. The number of ether oxygens (including phenoxy) is 1. The lowest BCUT2D eigenvalue weighted by atomic mass is 9.96. The lowest BCUT2D eigenvalue weighted by Gasteiger charge is -2.39. The smallest absolute Gasteiger partial charge is 0.263 e. The molecule has 0 aliphatic carbocycles. The summed E-state index contributed by atoms with van der Waals surface area (Å²) < 4.78 is 47.2. The molecule has 0 saturated carbocycles. The summed E-state index contributed by atoms with van der Waals surface area (Å²) in [6.45, 7) is 3.62. The van der Waals surface area contributed by atoms with E-state index < -0.39 is 15.8 Å². The molecule has 0 unspecified atom stereocenters. The maximum atomic E-state index is 13.5. The van der Waals surface area contributed by atoms with Crippen molar-refractivity contribution in [3.8, 4) is 5.75 Å². The maximum absolute atomic E-state index is 13.5. The van der Waals surface area contributed by atoms with Crippen molar-refractivity contribution in [3.63, 3.8) is 0 Å². The first-order valence-corrected chi connectivity index (χ1v) is 14.0. The van der Waals surface area contributed by atoms with Gasteiger partial charge < -0.3 is 4.74 Å². The van der Waals surface area contributed by atoms with E-state index in [-0.39, 0.29) is 32.9 Å². The lowest BCUT2D eigenvalue weighted by molar-refractivity contribution is 0.0492. The highest BCUT2D eigenvalue weighted by Crippen LogP contribution is 2.32. The Bertz CT molecular complexity index is 1240. The first-order chi connectivity index (χ1) is 16.2. The van der Waals surface area contributed by atoms with E-state index >= 15 is 0 Å². The minimum Gasteiger partial charge on any atom is -0.489 e. The largest absolute Gasteiger partial charge is 0.489 e. The van der Waals surface area contributed by atoms with Crippen molar-refractivity contribution >= 4 is 50.4 Å². The fourth-order valence-electron chi connectivity index (χ4n) is 4.06. The van der Waals surface area contributed by atoms with Crippen molar-refractivity contribution in [2.45, 2.75) is 49.8 Å². The molecule has 1 aliphatic rings. The Kier molecular flexibility index (Phi) is 7.99. The molecule has 6 nitrogen and oxygen atoms in total. The van der Waals surface area contributed by atoms with Gasteiger partial charge in [-0.05, 0) is 55.2 Å². The number of thiazole rings is 1. The molecule has 0 bridgehead atoms. The Morgan fingerprint density at radius 1 is 1.24 bits per heavy atom. The van der Waals surface area contributed by atoms with Gasteiger partial charge in [-0.3, -0.25) is 9.62 Å². The van der Waals surface area contributed by atoms with E-state index in [0.717, 1.165) is 31.4 Å². The average Bonchev–Trinajstić information content (AvgIpc) is 3.31. The summed E-state index contributed by atoms with van der Waals surface area (Å²) in [4.78, 5) is 6.33. The highest BCUT2D eigenvalue weighted by Gasteiger charge is 2.29. The van der Waals surface area contributed by atoms with Crippen LogP contribution in [0.5, 0.6) is 5.75 Å². The van der Waals surface area contributed by atoms with E-state index in [2.05, 4.69) is 21.5 Å². The molecule has 0 amide bonds. The number of piperidine rings is 1. The van der Waals surface area contributed by atoms with Crippen LogP contribution in [0.2, 0.25) is 10.0 Å². The summed E-state index contributed by atoms with van der Waals surface area (Å²) >= 11 is 13.6. The van der Waals surface area contributed by atoms with Gasteiger partial charge in [0.05, 0.1) is 20.5 Å². The summed E-state index contributed by atoms with van der Waals surface area (Å²) in [5, 5.41) is 1.97. The molecule has 11 heteroatoms. The normalized spacial score (nSPS) is 19.2. The number of nitrogens with one attached hydrogen (secondary N) is 1. The predicted molar refractivity (Wildman–Crippen MR) is 134 cm³/mol. The Hall–Kier alpha value is -1.91. The van der Waals surface area contributed by atoms with Crippen molar-refractivity contribution in [1.82, 2.24) is 9.88 Å². The molecule has 1 N–H and O–H groups in total. The molecule has 0 radical (unpaired) electrons. The van der Waals surface area contributed by atoms with Crippen molar-refractivity contribution in [1.29, 1.82) is 0 Å². The van der Waals surface area contributed by atoms with Crippen LogP contribution in [-0.2, 0) is 16.6 Å². The monoisotopic (exact) mass is 543 g/mol. The molecule has 0 spiro atoms. The van der Waals surface area contributed by atoms with Crippen LogP contribution >= 0.6 is 34.5 Å². The van der Waals surface area contributed by atoms with Crippen molar-refractivity contribution in [2.75, 3.05) is 11.3 Å². The second-order valence-electron chi connectivity index (χ2n) is 8.12. The van der Waals surface area contributed by atoms with E-state index in [1.54, 1.807) is 29.1 Å². The van der Waals surface area contributed by atoms with Crippen molar-refractivity contribution in [2.24, 2.45) is 0 Å². The number of nitrogens with zero attached hydrogens (tertiary/aromatic N) is 2. The fraction of sp³-hybridized carbons (Fsp3) is 0.348. The van der Waals surface area contributed by atoms with Crippen LogP contribution in [0.1, 0.15) is 31.7 Å². The number of hydrogen-bond donors (Lipinski definition) is 1. The fourth-order valence-corrected chi connectivity index (χ4v) is 6.14. The summed E-state index contributed by atoms with van der Waals surface area (Å²) in [5.41, 5.74) is 2.51. The molecule has 3 aromatic rings. The van der Waals surface area contributed by atoms with E-state index in [4.69, 9.17) is 27.9 Å². The number of hydrogen-bond acceptors (Lipinski definition) is 6. The maximum Gasteiger partial charge on any atom is 0.263 e. The molecule has 1 aliphatic heterocycles. The third kappa shape index (κ3) is 6.01. The third-order valence-electron chi connectivity index (χ3n) is 5.81. The molecule has 34 heavy (non-hydrogen) atoms. The van der Waals surface area contributed by atoms with E-state index in [0.29, 0.717) is 12.3 Å². The number of rotatable bonds is 8. The van der Waals surface area contributed by atoms with Gasteiger partial charge in [-0.2, -0.15) is 0 Å². The van der Waals surface area contributed by atoms with Crippen LogP contribution < -0.4 is 9.46 Å². The van der Waals surface area contributed by atoms with Crippen molar-refractivity contribution < 1.29 is 17.5 Å². The van der Waals surface area contributed by atoms with Crippen LogP contribution in [-0.4, -0.2) is 37.0 Å². The van der Waals surface area contributed by atoms with Gasteiger partial charge in [-0.1, -0.05) is 36.2 Å². The number of benzene rings is 2. The van der Waals surface area contributed by atoms with E-state index in [1.807, 2.05) is 0 Å². The molecule has 1 fully saturated rings. The Morgan fingerprint density at radius 2 is 2.06 bits per heavy atom. The summed E-state index contributed by atoms with van der Waals surface area (Å²) in [6, 6.07) is 9.55. The number of likely N-dealkylation sites (tertiary alicyclic amines) is 1. The van der Waals surface area contributed by atoms with Gasteiger partial charge in [0.25, 0.3) is 10.0 Å². The average molecular weight is 545 g/mol. The minimum absolute atomic E-state index is 0.0389. The number of sulfonamides is 1. The van der Waals surface area contributed by atoms with Gasteiger partial charge in [0.15, 0.2) is 5.82 Å². The van der Waals surface area contributed by atoms with Gasteiger partial charge in [-0.15, -0.1) is 11.3 Å². The predicted octanol–water partition coefficient (Wildman–Crippen LogP) is 6.21. The minimum atomic E-state index is -3.80. The van der Waals surface area contributed by atoms with Crippen LogP contribution in [0.15, 0.2) is 52.2 Å². The SMILES string of the molecule is CC[C@H]1C[C@H](Oc2ccc(S(=O)(=O)Nc3cscn3)cc2Cl)CCN1Cc1ccc(F)c(Cl)c1. The molecule has 2 atom stereocenters. The van der Waals surface area contributed by atoms with Crippen LogP contribution in [0.4, 0.5) is 10.2 Å². The van der Waals surface area contributed by atoms with E-state index in [1.165, 1.54) is 29.5 Å². The van der Waals surface area contributed by atoms with Crippen molar-refractivity contribution in [3.05, 3.63) is 68.7 Å². The van der Waals surface area contributed by atoms with Crippen LogP contribution in [0, 0.1) is 5.82 Å². The Labute approximate surface area is 212 Å². The second-order valence-corrected chi connectivity index (χ2v) is 11.3. The lowest BCUT2D eigenvalue weighted by Crippen LogP contribution is -2.45. The topological polar surface area (TPSA) is 71.5 Å². The zero-order chi connectivity index (χ0) is 24.3. The van der Waals surface area contributed by atoms with Gasteiger partial charge >= 0.3 is 0 Å². The zero-order valence-corrected chi connectivity index (χ0v) is 21.5. The first-order valence-electron chi connectivity index (χ1n) is 10.8. The standard InChI is InChI=1S/C23H24Cl2FN3O3S2/c1-2-16-10-17(7-8-29(16)12-15-3-5-21(26)19(24)9-15)32-22-6-4-18(11-20(22)25)34(30,31)28-23-13-33-14-27-23/h3-6,9,11,13-14,16-17,28H,2,7-8,10,12H2,1H3/t16-,17+/m0/s1. The Morgan fingerprint density at radius 3 is 2.74 bits per heavy atom. The molecular formula is C23H24Cl2FN3O3S2. The quantitative estimate of drug-likeness (QED) is 0.365. The van der Waals surface area contributed by atoms with Gasteiger partial charge in [0.1, 0.15) is 17.7 Å². The molecular weight excluding hydrogens is 520 g/mol. The van der Waals surface area contributed by atoms with E-state index in [9.17, 15) is 12.8 Å². The highest BCUT2D eigenvalue weighted by atomic mass is 35.5. The molecule has 2 heterocycles. The summed E-state index contributed by atoms with van der Waals surface area (Å²) in [5.74, 6) is 0.300. The Balaban J connectivity index is 1.40. The number of aromatic nitrogens is 1. The van der Waals surface area contributed by atoms with Crippen LogP contribution in [0.25, 0.3) is 0 Å². The molecule has 1 saturated heterocycles. The van der Waals surface area contributed by atoms with Gasteiger partial charge in [0, 0.05) is 24.5 Å². The molecule has 1 aromatic heterocycles.